The summed E-state index contributed by atoms with van der Waals surface area (Å²) in [6.45, 7) is 5.78. The van der Waals surface area contributed by atoms with Crippen LogP contribution in [0.4, 0.5) is 4.79 Å². The molecule has 0 aliphatic carbocycles. The van der Waals surface area contributed by atoms with Crippen molar-refractivity contribution < 1.29 is 13.9 Å². The van der Waals surface area contributed by atoms with Gasteiger partial charge in [0.1, 0.15) is 5.60 Å². The second kappa shape index (κ2) is 6.67. The molecule has 0 unspecified atom stereocenters. The summed E-state index contributed by atoms with van der Waals surface area (Å²) in [6, 6.07) is 9.23. The van der Waals surface area contributed by atoms with Gasteiger partial charge in [0.2, 0.25) is 0 Å². The number of hydrogen-bond donors (Lipinski definition) is 1. The topological polar surface area (TPSA) is 86.4 Å². The third-order valence-electron chi connectivity index (χ3n) is 3.75. The average Bonchev–Trinajstić information content (AvgIpc) is 2.86. The van der Waals surface area contributed by atoms with Crippen LogP contribution in [0.2, 0.25) is 0 Å². The summed E-state index contributed by atoms with van der Waals surface area (Å²) >= 11 is 0. The molecule has 1 amide bonds. The molecule has 136 valence electrons. The Morgan fingerprint density at radius 3 is 2.69 bits per heavy atom. The maximum Gasteiger partial charge on any atom is 0.419 e. The van der Waals surface area contributed by atoms with Crippen molar-refractivity contribution in [3.63, 3.8) is 0 Å². The van der Waals surface area contributed by atoms with Crippen LogP contribution in [0.1, 0.15) is 26.3 Å². The number of aryl methyl sites for hydroxylation is 1. The van der Waals surface area contributed by atoms with Gasteiger partial charge in [-0.3, -0.25) is 9.55 Å². The van der Waals surface area contributed by atoms with Crippen LogP contribution in [0.5, 0.6) is 0 Å². The summed E-state index contributed by atoms with van der Waals surface area (Å²) in [6.07, 6.45) is 1.23. The fraction of sp³-hybridized carbons (Fsp3) is 0.316. The van der Waals surface area contributed by atoms with E-state index in [9.17, 15) is 9.59 Å². The summed E-state index contributed by atoms with van der Waals surface area (Å²) in [5, 5.41) is 2.70. The van der Waals surface area contributed by atoms with Gasteiger partial charge in [-0.2, -0.15) is 0 Å². The Hall–Kier alpha value is -3.09. The number of nitrogens with zero attached hydrogens (tertiary/aromatic N) is 2. The molecule has 0 aliphatic rings. The maximum atomic E-state index is 11.7. The third-order valence-corrected chi connectivity index (χ3v) is 3.75. The van der Waals surface area contributed by atoms with E-state index in [4.69, 9.17) is 9.15 Å². The van der Waals surface area contributed by atoms with Gasteiger partial charge in [0.05, 0.1) is 11.2 Å². The monoisotopic (exact) mass is 355 g/mol. The van der Waals surface area contributed by atoms with Crippen LogP contribution in [0.25, 0.3) is 22.4 Å². The fourth-order valence-electron chi connectivity index (χ4n) is 2.47. The number of fused-ring (bicyclic) bond motifs is 1. The second-order valence-corrected chi connectivity index (χ2v) is 7.02. The van der Waals surface area contributed by atoms with Gasteiger partial charge in [0.15, 0.2) is 5.58 Å². The Morgan fingerprint density at radius 2 is 2.04 bits per heavy atom. The lowest BCUT2D eigenvalue weighted by Gasteiger charge is -2.19. The molecule has 0 saturated carbocycles. The Balaban J connectivity index is 1.72. The number of amides is 1. The first-order valence-corrected chi connectivity index (χ1v) is 8.25. The number of aromatic nitrogens is 2. The van der Waals surface area contributed by atoms with Crippen molar-refractivity contribution in [2.75, 3.05) is 0 Å². The van der Waals surface area contributed by atoms with Gasteiger partial charge in [0, 0.05) is 25.4 Å². The molecular weight excluding hydrogens is 334 g/mol. The molecule has 7 nitrogen and oxygen atoms in total. The van der Waals surface area contributed by atoms with E-state index in [0.29, 0.717) is 17.6 Å². The van der Waals surface area contributed by atoms with Crippen molar-refractivity contribution in [1.29, 1.82) is 0 Å². The summed E-state index contributed by atoms with van der Waals surface area (Å²) in [4.78, 5) is 27.7. The molecule has 0 atom stereocenters. The van der Waals surface area contributed by atoms with E-state index in [0.717, 1.165) is 16.8 Å². The van der Waals surface area contributed by atoms with Crippen LogP contribution < -0.4 is 11.1 Å². The smallest absolute Gasteiger partial charge is 0.419 e. The minimum atomic E-state index is -0.530. The number of oxazole rings is 1. The molecule has 26 heavy (non-hydrogen) atoms. The van der Waals surface area contributed by atoms with Gasteiger partial charge in [-0.25, -0.2) is 9.59 Å². The van der Waals surface area contributed by atoms with Crippen LogP contribution >= 0.6 is 0 Å². The summed E-state index contributed by atoms with van der Waals surface area (Å²) in [5.74, 6) is -0.395. The van der Waals surface area contributed by atoms with Gasteiger partial charge in [0.25, 0.3) is 0 Å². The van der Waals surface area contributed by atoms with Crippen molar-refractivity contribution in [1.82, 2.24) is 14.9 Å². The van der Waals surface area contributed by atoms with Gasteiger partial charge in [-0.05, 0) is 50.6 Å². The molecule has 0 aliphatic heterocycles. The molecule has 0 fully saturated rings. The number of rotatable bonds is 3. The largest absolute Gasteiger partial charge is 0.444 e. The second-order valence-electron chi connectivity index (χ2n) is 7.02. The molecule has 1 N–H and O–H groups in total. The molecular formula is C19H21N3O4. The van der Waals surface area contributed by atoms with E-state index in [1.807, 2.05) is 45.0 Å². The predicted molar refractivity (Wildman–Crippen MR) is 97.8 cm³/mol. The van der Waals surface area contributed by atoms with Gasteiger partial charge >= 0.3 is 11.8 Å². The van der Waals surface area contributed by atoms with Crippen molar-refractivity contribution in [2.24, 2.45) is 7.05 Å². The number of pyridine rings is 1. The van der Waals surface area contributed by atoms with E-state index >= 15 is 0 Å². The SMILES string of the molecule is Cn1c(=O)oc2ccc(-c3ccc(CNC(=O)OC(C)(C)C)cn3)cc21. The van der Waals surface area contributed by atoms with Crippen LogP contribution in [0.3, 0.4) is 0 Å². The van der Waals surface area contributed by atoms with E-state index in [1.165, 1.54) is 4.57 Å². The molecule has 0 bridgehead atoms. The predicted octanol–water partition coefficient (Wildman–Crippen LogP) is 3.22. The van der Waals surface area contributed by atoms with Crippen molar-refractivity contribution in [3.05, 3.63) is 52.6 Å². The molecule has 3 rings (SSSR count). The highest BCUT2D eigenvalue weighted by molar-refractivity contribution is 5.79. The Labute approximate surface area is 150 Å². The molecule has 2 heterocycles. The molecule has 7 heteroatoms. The minimum absolute atomic E-state index is 0.331. The van der Waals surface area contributed by atoms with E-state index < -0.39 is 17.5 Å². The number of carbonyl (C=O) groups is 1. The average molecular weight is 355 g/mol. The van der Waals surface area contributed by atoms with Crippen molar-refractivity contribution in [2.45, 2.75) is 32.9 Å². The number of nitrogens with one attached hydrogen (secondary N) is 1. The van der Waals surface area contributed by atoms with Crippen LogP contribution in [0.15, 0.2) is 45.7 Å². The van der Waals surface area contributed by atoms with Crippen molar-refractivity contribution >= 4 is 17.2 Å². The number of benzene rings is 1. The van der Waals surface area contributed by atoms with Gasteiger partial charge in [-0.1, -0.05) is 6.07 Å². The first-order chi connectivity index (χ1) is 12.2. The normalized spacial score (nSPS) is 11.5. The Bertz CT molecular complexity index is 994. The van der Waals surface area contributed by atoms with Crippen LogP contribution in [-0.2, 0) is 18.3 Å². The van der Waals surface area contributed by atoms with Gasteiger partial charge in [-0.15, -0.1) is 0 Å². The standard InChI is InChI=1S/C19H21N3O4/c1-19(2,3)26-17(23)21-11-12-5-7-14(20-10-12)13-6-8-16-15(9-13)22(4)18(24)25-16/h5-10H,11H2,1-4H3,(H,21,23). The lowest BCUT2D eigenvalue weighted by atomic mass is 10.1. The van der Waals surface area contributed by atoms with E-state index in [-0.39, 0.29) is 0 Å². The fourth-order valence-corrected chi connectivity index (χ4v) is 2.47. The quantitative estimate of drug-likeness (QED) is 0.779. The third kappa shape index (κ3) is 3.93. The Kier molecular flexibility index (Phi) is 4.54. The zero-order chi connectivity index (χ0) is 18.9. The lowest BCUT2D eigenvalue weighted by molar-refractivity contribution is 0.0523. The molecule has 0 saturated heterocycles. The van der Waals surface area contributed by atoms with Gasteiger partial charge < -0.3 is 14.5 Å². The summed E-state index contributed by atoms with van der Waals surface area (Å²) in [5.41, 5.74) is 3.22. The highest BCUT2D eigenvalue weighted by atomic mass is 16.6. The maximum absolute atomic E-state index is 11.7. The number of ether oxygens (including phenoxy) is 1. The summed E-state index contributed by atoms with van der Waals surface area (Å²) < 4.78 is 11.8. The van der Waals surface area contributed by atoms with E-state index in [1.54, 1.807) is 19.3 Å². The zero-order valence-corrected chi connectivity index (χ0v) is 15.2. The van der Waals surface area contributed by atoms with Crippen molar-refractivity contribution in [3.8, 4) is 11.3 Å². The molecule has 2 aromatic heterocycles. The highest BCUT2D eigenvalue weighted by Crippen LogP contribution is 2.22. The number of alkyl carbamates (subject to hydrolysis) is 1. The lowest BCUT2D eigenvalue weighted by Crippen LogP contribution is -2.32. The highest BCUT2D eigenvalue weighted by Gasteiger charge is 2.15. The van der Waals surface area contributed by atoms with E-state index in [2.05, 4.69) is 10.3 Å². The Morgan fingerprint density at radius 1 is 1.27 bits per heavy atom. The zero-order valence-electron chi connectivity index (χ0n) is 15.2. The van der Waals surface area contributed by atoms with Crippen LogP contribution in [-0.4, -0.2) is 21.2 Å². The first-order valence-electron chi connectivity index (χ1n) is 8.25. The first kappa shape index (κ1) is 17.7. The number of carbonyl (C=O) groups excluding carboxylic acids is 1. The molecule has 0 spiro atoms. The number of hydrogen-bond acceptors (Lipinski definition) is 5. The van der Waals surface area contributed by atoms with Crippen LogP contribution in [0, 0.1) is 0 Å². The molecule has 1 aromatic carbocycles. The molecule has 0 radical (unpaired) electrons. The minimum Gasteiger partial charge on any atom is -0.444 e. The molecule has 3 aromatic rings. The summed E-state index contributed by atoms with van der Waals surface area (Å²) in [7, 11) is 1.66.